The highest BCUT2D eigenvalue weighted by Gasteiger charge is 2.27. The van der Waals surface area contributed by atoms with E-state index in [1.165, 1.54) is 4.31 Å². The molecule has 7 heteroatoms. The van der Waals surface area contributed by atoms with Gasteiger partial charge in [-0.3, -0.25) is 0 Å². The molecule has 0 N–H and O–H groups in total. The zero-order valence-corrected chi connectivity index (χ0v) is 14.4. The first kappa shape index (κ1) is 18.5. The van der Waals surface area contributed by atoms with E-state index in [-0.39, 0.29) is 13.1 Å². The summed E-state index contributed by atoms with van der Waals surface area (Å²) in [6.07, 6.45) is 0. The summed E-state index contributed by atoms with van der Waals surface area (Å²) in [7, 11) is -0.427. The van der Waals surface area contributed by atoms with E-state index >= 15 is 0 Å². The van der Waals surface area contributed by atoms with E-state index < -0.39 is 26.6 Å². The summed E-state index contributed by atoms with van der Waals surface area (Å²) in [6.45, 7) is 0.795. The Morgan fingerprint density at radius 2 is 1.62 bits per heavy atom. The Hall–Kier alpha value is -1.83. The average molecular weight is 354 g/mol. The average Bonchev–Trinajstić information content (AvgIpc) is 2.51. The molecule has 0 atom stereocenters. The van der Waals surface area contributed by atoms with Crippen LogP contribution < -0.4 is 0 Å². The van der Waals surface area contributed by atoms with Crippen molar-refractivity contribution in [2.45, 2.75) is 11.4 Å². The first-order chi connectivity index (χ1) is 11.3. The Balaban J connectivity index is 2.36. The molecule has 0 spiro atoms. The standard InChI is InChI=1S/C17H20F2N2O2S/c1-20(2)10-11-21(13-14-6-4-3-5-7-14)24(22,23)17-9-8-15(18)12-16(17)19/h3-9,12H,10-11,13H2,1-2H3. The van der Waals surface area contributed by atoms with Gasteiger partial charge in [-0.15, -0.1) is 0 Å². The van der Waals surface area contributed by atoms with Crippen LogP contribution in [0.15, 0.2) is 53.4 Å². The molecule has 0 heterocycles. The van der Waals surface area contributed by atoms with Gasteiger partial charge in [0.25, 0.3) is 0 Å². The van der Waals surface area contributed by atoms with Crippen molar-refractivity contribution < 1.29 is 17.2 Å². The maximum Gasteiger partial charge on any atom is 0.246 e. The van der Waals surface area contributed by atoms with Crippen molar-refractivity contribution in [2.24, 2.45) is 0 Å². The molecule has 0 aliphatic carbocycles. The maximum absolute atomic E-state index is 14.0. The van der Waals surface area contributed by atoms with E-state index in [0.717, 1.165) is 17.7 Å². The van der Waals surface area contributed by atoms with E-state index in [0.29, 0.717) is 12.6 Å². The van der Waals surface area contributed by atoms with Gasteiger partial charge in [0, 0.05) is 25.7 Å². The minimum Gasteiger partial charge on any atom is -0.308 e. The minimum absolute atomic E-state index is 0.119. The van der Waals surface area contributed by atoms with Crippen molar-refractivity contribution >= 4 is 10.0 Å². The Labute approximate surface area is 141 Å². The van der Waals surface area contributed by atoms with Crippen LogP contribution >= 0.6 is 0 Å². The SMILES string of the molecule is CN(C)CCN(Cc1ccccc1)S(=O)(=O)c1ccc(F)cc1F. The zero-order chi connectivity index (χ0) is 17.7. The van der Waals surface area contributed by atoms with Crippen LogP contribution in [0.2, 0.25) is 0 Å². The van der Waals surface area contributed by atoms with Gasteiger partial charge in [-0.05, 0) is 31.8 Å². The first-order valence-electron chi connectivity index (χ1n) is 7.44. The summed E-state index contributed by atoms with van der Waals surface area (Å²) in [4.78, 5) is 1.33. The zero-order valence-electron chi connectivity index (χ0n) is 13.6. The molecule has 2 aromatic rings. The van der Waals surface area contributed by atoms with Crippen molar-refractivity contribution in [1.82, 2.24) is 9.21 Å². The molecular weight excluding hydrogens is 334 g/mol. The van der Waals surface area contributed by atoms with Crippen LogP contribution in [-0.2, 0) is 16.6 Å². The second-order valence-electron chi connectivity index (χ2n) is 5.70. The number of nitrogens with zero attached hydrogens (tertiary/aromatic N) is 2. The van der Waals surface area contributed by atoms with Gasteiger partial charge in [0.05, 0.1) is 0 Å². The topological polar surface area (TPSA) is 40.6 Å². The van der Waals surface area contributed by atoms with Crippen LogP contribution in [-0.4, -0.2) is 44.8 Å². The molecule has 130 valence electrons. The lowest BCUT2D eigenvalue weighted by molar-refractivity contribution is 0.328. The number of rotatable bonds is 7. The largest absolute Gasteiger partial charge is 0.308 e. The summed E-state index contributed by atoms with van der Waals surface area (Å²) in [5, 5.41) is 0. The smallest absolute Gasteiger partial charge is 0.246 e. The molecule has 24 heavy (non-hydrogen) atoms. The normalized spacial score (nSPS) is 12.1. The molecule has 0 aliphatic rings. The van der Waals surface area contributed by atoms with Crippen LogP contribution in [0.5, 0.6) is 0 Å². The fourth-order valence-electron chi connectivity index (χ4n) is 2.21. The predicted molar refractivity (Wildman–Crippen MR) is 88.9 cm³/mol. The predicted octanol–water partition coefficient (Wildman–Crippen LogP) is 2.72. The molecule has 4 nitrogen and oxygen atoms in total. The third kappa shape index (κ3) is 4.59. The maximum atomic E-state index is 14.0. The van der Waals surface area contributed by atoms with Crippen molar-refractivity contribution in [3.8, 4) is 0 Å². The van der Waals surface area contributed by atoms with E-state index in [4.69, 9.17) is 0 Å². The minimum atomic E-state index is -4.08. The molecule has 0 aromatic heterocycles. The Kier molecular flexibility index (Phi) is 6.04. The molecule has 2 aromatic carbocycles. The molecule has 0 radical (unpaired) electrons. The van der Waals surface area contributed by atoms with Crippen LogP contribution in [0.3, 0.4) is 0 Å². The summed E-state index contributed by atoms with van der Waals surface area (Å²) < 4.78 is 53.9. The van der Waals surface area contributed by atoms with Crippen LogP contribution in [0, 0.1) is 11.6 Å². The van der Waals surface area contributed by atoms with E-state index in [1.54, 1.807) is 12.1 Å². The van der Waals surface area contributed by atoms with Crippen molar-refractivity contribution in [2.75, 3.05) is 27.2 Å². The van der Waals surface area contributed by atoms with Gasteiger partial charge < -0.3 is 4.90 Å². The van der Waals surface area contributed by atoms with Gasteiger partial charge >= 0.3 is 0 Å². The van der Waals surface area contributed by atoms with Crippen molar-refractivity contribution in [3.05, 3.63) is 65.7 Å². The molecule has 0 fully saturated rings. The lowest BCUT2D eigenvalue weighted by atomic mass is 10.2. The molecule has 0 amide bonds. The second-order valence-corrected chi connectivity index (χ2v) is 7.61. The summed E-state index contributed by atoms with van der Waals surface area (Å²) in [5.74, 6) is -1.90. The quantitative estimate of drug-likeness (QED) is 0.768. The molecular formula is C17H20F2N2O2S. The second kappa shape index (κ2) is 7.83. The van der Waals surface area contributed by atoms with Gasteiger partial charge in [-0.25, -0.2) is 17.2 Å². The van der Waals surface area contributed by atoms with Crippen LogP contribution in [0.4, 0.5) is 8.78 Å². The van der Waals surface area contributed by atoms with Crippen LogP contribution in [0.1, 0.15) is 5.56 Å². The Morgan fingerprint density at radius 1 is 0.958 bits per heavy atom. The lowest BCUT2D eigenvalue weighted by Gasteiger charge is -2.24. The highest BCUT2D eigenvalue weighted by molar-refractivity contribution is 7.89. The third-order valence-corrected chi connectivity index (χ3v) is 5.39. The number of sulfonamides is 1. The van der Waals surface area contributed by atoms with E-state index in [2.05, 4.69) is 0 Å². The Morgan fingerprint density at radius 3 is 2.21 bits per heavy atom. The van der Waals surface area contributed by atoms with Gasteiger partial charge in [0.2, 0.25) is 10.0 Å². The number of halogens is 2. The van der Waals surface area contributed by atoms with E-state index in [9.17, 15) is 17.2 Å². The van der Waals surface area contributed by atoms with Crippen molar-refractivity contribution in [3.63, 3.8) is 0 Å². The molecule has 0 saturated carbocycles. The van der Waals surface area contributed by atoms with Crippen molar-refractivity contribution in [1.29, 1.82) is 0 Å². The van der Waals surface area contributed by atoms with Gasteiger partial charge in [-0.2, -0.15) is 4.31 Å². The number of benzene rings is 2. The monoisotopic (exact) mass is 354 g/mol. The third-order valence-electron chi connectivity index (χ3n) is 3.51. The lowest BCUT2D eigenvalue weighted by Crippen LogP contribution is -2.36. The van der Waals surface area contributed by atoms with E-state index in [1.807, 2.05) is 37.2 Å². The number of hydrogen-bond donors (Lipinski definition) is 0. The molecule has 0 unspecified atom stereocenters. The van der Waals surface area contributed by atoms with Crippen LogP contribution in [0.25, 0.3) is 0 Å². The fraction of sp³-hybridized carbons (Fsp3) is 0.294. The molecule has 0 saturated heterocycles. The summed E-state index contributed by atoms with van der Waals surface area (Å²) in [6, 6.07) is 11.6. The number of hydrogen-bond acceptors (Lipinski definition) is 3. The summed E-state index contributed by atoms with van der Waals surface area (Å²) >= 11 is 0. The van der Waals surface area contributed by atoms with Gasteiger partial charge in [-0.1, -0.05) is 30.3 Å². The highest BCUT2D eigenvalue weighted by atomic mass is 32.2. The van der Waals surface area contributed by atoms with Gasteiger partial charge in [0.1, 0.15) is 16.5 Å². The molecule has 2 rings (SSSR count). The first-order valence-corrected chi connectivity index (χ1v) is 8.88. The summed E-state index contributed by atoms with van der Waals surface area (Å²) in [5.41, 5.74) is 0.794. The Bertz CT molecular complexity index is 780. The molecule has 0 bridgehead atoms. The fourth-order valence-corrected chi connectivity index (χ4v) is 3.67. The number of likely N-dealkylation sites (N-methyl/N-ethyl adjacent to an activating group) is 1. The highest BCUT2D eigenvalue weighted by Crippen LogP contribution is 2.22. The molecule has 0 aliphatic heterocycles. The van der Waals surface area contributed by atoms with Gasteiger partial charge in [0.15, 0.2) is 0 Å².